The fourth-order valence-corrected chi connectivity index (χ4v) is 3.10. The molecule has 1 heteroatoms. The molecule has 2 aliphatic rings. The molecule has 0 aromatic rings. The summed E-state index contributed by atoms with van der Waals surface area (Å²) in [6, 6.07) is 0. The van der Waals surface area contributed by atoms with E-state index >= 15 is 0 Å². The summed E-state index contributed by atoms with van der Waals surface area (Å²) < 4.78 is 0. The molecule has 0 atom stereocenters. The lowest BCUT2D eigenvalue weighted by atomic mass is 9.70. The van der Waals surface area contributed by atoms with Crippen LogP contribution in [0.1, 0.15) is 58.8 Å². The zero-order valence-electron chi connectivity index (χ0n) is 10.2. The summed E-state index contributed by atoms with van der Waals surface area (Å²) in [5, 5.41) is 0. The van der Waals surface area contributed by atoms with Gasteiger partial charge < -0.3 is 0 Å². The second-order valence-corrected chi connectivity index (χ2v) is 5.89. The van der Waals surface area contributed by atoms with Gasteiger partial charge in [-0.2, -0.15) is 0 Å². The van der Waals surface area contributed by atoms with E-state index in [0.29, 0.717) is 17.6 Å². The summed E-state index contributed by atoms with van der Waals surface area (Å²) in [4.78, 5) is 12.1. The second-order valence-electron chi connectivity index (χ2n) is 5.89. The molecule has 0 aliphatic heterocycles. The molecule has 0 heterocycles. The minimum atomic E-state index is 0.435. The zero-order valence-corrected chi connectivity index (χ0v) is 10.2. The van der Waals surface area contributed by atoms with Gasteiger partial charge in [-0.3, -0.25) is 4.79 Å². The Labute approximate surface area is 93.6 Å². The number of Topliss-reactive ketones (excluding diaryl/α,β-unsaturated/α-hetero) is 1. The molecular formula is C14H24O. The third-order valence-corrected chi connectivity index (χ3v) is 4.62. The monoisotopic (exact) mass is 208 g/mol. The normalized spacial score (nSPS) is 32.7. The molecule has 0 amide bonds. The zero-order chi connectivity index (χ0) is 10.8. The molecule has 0 aromatic heterocycles. The van der Waals surface area contributed by atoms with Crippen LogP contribution in [0, 0.1) is 23.7 Å². The average Bonchev–Trinajstić information content (AvgIpc) is 2.15. The standard InChI is InChI=1S/C14H24O/c1-10(2)11-6-8-13(9-7-11)14(15)12-4-3-5-12/h10-13H,3-9H2,1-2H3. The molecule has 0 saturated heterocycles. The minimum Gasteiger partial charge on any atom is -0.299 e. The first-order valence-corrected chi connectivity index (χ1v) is 6.72. The van der Waals surface area contributed by atoms with Gasteiger partial charge in [0.2, 0.25) is 0 Å². The molecule has 2 rings (SSSR count). The van der Waals surface area contributed by atoms with Crippen LogP contribution < -0.4 is 0 Å². The number of hydrogen-bond acceptors (Lipinski definition) is 1. The Kier molecular flexibility index (Phi) is 3.48. The lowest BCUT2D eigenvalue weighted by Crippen LogP contribution is -2.31. The van der Waals surface area contributed by atoms with Gasteiger partial charge in [0.1, 0.15) is 5.78 Å². The van der Waals surface area contributed by atoms with E-state index in [1.54, 1.807) is 0 Å². The first kappa shape index (κ1) is 11.2. The van der Waals surface area contributed by atoms with Crippen molar-refractivity contribution in [3.8, 4) is 0 Å². The highest BCUT2D eigenvalue weighted by atomic mass is 16.1. The summed E-state index contributed by atoms with van der Waals surface area (Å²) in [5.41, 5.74) is 0. The van der Waals surface area contributed by atoms with Crippen molar-refractivity contribution in [1.29, 1.82) is 0 Å². The Morgan fingerprint density at radius 3 is 1.87 bits per heavy atom. The van der Waals surface area contributed by atoms with E-state index in [2.05, 4.69) is 13.8 Å². The van der Waals surface area contributed by atoms with E-state index in [4.69, 9.17) is 0 Å². The Hall–Kier alpha value is -0.330. The maximum atomic E-state index is 12.1. The van der Waals surface area contributed by atoms with Gasteiger partial charge in [0.25, 0.3) is 0 Å². The van der Waals surface area contributed by atoms with Crippen LogP contribution in [-0.4, -0.2) is 5.78 Å². The fraction of sp³-hybridized carbons (Fsp3) is 0.929. The van der Waals surface area contributed by atoms with Gasteiger partial charge in [-0.1, -0.05) is 20.3 Å². The molecule has 2 fully saturated rings. The van der Waals surface area contributed by atoms with Crippen molar-refractivity contribution < 1.29 is 4.79 Å². The first-order chi connectivity index (χ1) is 7.18. The smallest absolute Gasteiger partial charge is 0.139 e. The third kappa shape index (κ3) is 2.43. The molecular weight excluding hydrogens is 184 g/mol. The van der Waals surface area contributed by atoms with Crippen LogP contribution in [0.4, 0.5) is 0 Å². The second kappa shape index (κ2) is 4.67. The highest BCUT2D eigenvalue weighted by molar-refractivity contribution is 5.84. The van der Waals surface area contributed by atoms with Crippen LogP contribution in [0.25, 0.3) is 0 Å². The highest BCUT2D eigenvalue weighted by Crippen LogP contribution is 2.38. The van der Waals surface area contributed by atoms with E-state index in [9.17, 15) is 4.79 Å². The number of carbonyl (C=O) groups is 1. The van der Waals surface area contributed by atoms with E-state index < -0.39 is 0 Å². The number of hydrogen-bond donors (Lipinski definition) is 0. The van der Waals surface area contributed by atoms with Crippen molar-refractivity contribution in [2.45, 2.75) is 58.8 Å². The summed E-state index contributed by atoms with van der Waals surface area (Å²) >= 11 is 0. The molecule has 0 aromatic carbocycles. The molecule has 2 aliphatic carbocycles. The van der Waals surface area contributed by atoms with E-state index in [0.717, 1.165) is 11.8 Å². The van der Waals surface area contributed by atoms with Crippen LogP contribution in [0.5, 0.6) is 0 Å². The summed E-state index contributed by atoms with van der Waals surface area (Å²) in [5.74, 6) is 3.21. The van der Waals surface area contributed by atoms with Crippen molar-refractivity contribution in [3.63, 3.8) is 0 Å². The van der Waals surface area contributed by atoms with Crippen LogP contribution in [0.15, 0.2) is 0 Å². The minimum absolute atomic E-state index is 0.435. The SMILES string of the molecule is CC(C)C1CCC(C(=O)C2CCC2)CC1. The number of ketones is 1. The van der Waals surface area contributed by atoms with Gasteiger partial charge >= 0.3 is 0 Å². The number of rotatable bonds is 3. The first-order valence-electron chi connectivity index (χ1n) is 6.72. The quantitative estimate of drug-likeness (QED) is 0.689. The molecule has 1 nitrogen and oxygen atoms in total. The summed E-state index contributed by atoms with van der Waals surface area (Å²) in [6.07, 6.45) is 8.60. The maximum Gasteiger partial charge on any atom is 0.139 e. The van der Waals surface area contributed by atoms with E-state index in [1.807, 2.05) is 0 Å². The Balaban J connectivity index is 1.79. The molecule has 15 heavy (non-hydrogen) atoms. The highest BCUT2D eigenvalue weighted by Gasteiger charge is 2.33. The van der Waals surface area contributed by atoms with Crippen molar-refractivity contribution in [2.75, 3.05) is 0 Å². The molecule has 2 saturated carbocycles. The maximum absolute atomic E-state index is 12.1. The average molecular weight is 208 g/mol. The lowest BCUT2D eigenvalue weighted by Gasteiger charge is -2.34. The molecule has 0 bridgehead atoms. The molecule has 0 radical (unpaired) electrons. The van der Waals surface area contributed by atoms with Gasteiger partial charge in [-0.25, -0.2) is 0 Å². The molecule has 0 unspecified atom stereocenters. The van der Waals surface area contributed by atoms with Gasteiger partial charge in [0, 0.05) is 11.8 Å². The van der Waals surface area contributed by atoms with E-state index in [-0.39, 0.29) is 0 Å². The lowest BCUT2D eigenvalue weighted by molar-refractivity contribution is -0.130. The van der Waals surface area contributed by atoms with Gasteiger partial charge in [0.05, 0.1) is 0 Å². The van der Waals surface area contributed by atoms with E-state index in [1.165, 1.54) is 44.9 Å². The van der Waals surface area contributed by atoms with Crippen LogP contribution >= 0.6 is 0 Å². The third-order valence-electron chi connectivity index (χ3n) is 4.62. The Morgan fingerprint density at radius 2 is 1.47 bits per heavy atom. The van der Waals surface area contributed by atoms with Crippen LogP contribution in [0.3, 0.4) is 0 Å². The van der Waals surface area contributed by atoms with Gasteiger partial charge in [0.15, 0.2) is 0 Å². The van der Waals surface area contributed by atoms with Crippen LogP contribution in [-0.2, 0) is 4.79 Å². The van der Waals surface area contributed by atoms with Gasteiger partial charge in [-0.15, -0.1) is 0 Å². The summed E-state index contributed by atoms with van der Waals surface area (Å²) in [7, 11) is 0. The summed E-state index contributed by atoms with van der Waals surface area (Å²) in [6.45, 7) is 4.64. The molecule has 86 valence electrons. The van der Waals surface area contributed by atoms with Crippen LogP contribution in [0.2, 0.25) is 0 Å². The predicted molar refractivity (Wildman–Crippen MR) is 62.6 cm³/mol. The van der Waals surface area contributed by atoms with Crippen molar-refractivity contribution in [1.82, 2.24) is 0 Å². The van der Waals surface area contributed by atoms with Gasteiger partial charge in [-0.05, 0) is 50.4 Å². The predicted octanol–water partition coefficient (Wildman–Crippen LogP) is 3.82. The largest absolute Gasteiger partial charge is 0.299 e. The fourth-order valence-electron chi connectivity index (χ4n) is 3.10. The molecule has 0 spiro atoms. The number of carbonyl (C=O) groups excluding carboxylic acids is 1. The topological polar surface area (TPSA) is 17.1 Å². The molecule has 0 N–H and O–H groups in total. The van der Waals surface area contributed by atoms with Crippen molar-refractivity contribution in [2.24, 2.45) is 23.7 Å². The van der Waals surface area contributed by atoms with Crippen molar-refractivity contribution in [3.05, 3.63) is 0 Å². The van der Waals surface area contributed by atoms with Crippen molar-refractivity contribution >= 4 is 5.78 Å². The Morgan fingerprint density at radius 1 is 0.933 bits per heavy atom. The Bertz CT molecular complexity index is 219.